The largest absolute Gasteiger partial charge is 0.310 e. The number of anilines is 1. The van der Waals surface area contributed by atoms with E-state index in [9.17, 15) is 4.79 Å². The smallest absolute Gasteiger partial charge is 0.235 e. The summed E-state index contributed by atoms with van der Waals surface area (Å²) in [6, 6.07) is 13.4. The molecule has 1 aromatic carbocycles. The van der Waals surface area contributed by atoms with Crippen molar-refractivity contribution in [3.8, 4) is 5.69 Å². The van der Waals surface area contributed by atoms with Crippen molar-refractivity contribution >= 4 is 23.5 Å². The summed E-state index contributed by atoms with van der Waals surface area (Å²) in [5, 5.41) is 19.6. The molecule has 0 saturated carbocycles. The molecule has 10 heteroatoms. The van der Waals surface area contributed by atoms with Crippen LogP contribution in [-0.4, -0.2) is 46.6 Å². The Morgan fingerprint density at radius 2 is 2.00 bits per heavy atom. The molecule has 9 nitrogen and oxygen atoms in total. The minimum Gasteiger partial charge on any atom is -0.310 e. The first kappa shape index (κ1) is 19.8. The van der Waals surface area contributed by atoms with Gasteiger partial charge in [0.15, 0.2) is 0 Å². The van der Waals surface area contributed by atoms with E-state index in [-0.39, 0.29) is 11.7 Å². The standard InChI is InChI=1S/C20H20N8OS/c1-14-6-5-8-17(15(14)2)28-20(24-25-26-28)30-13-19(29)23-18-9-11-22-27(18)12-16-7-3-4-10-21-16/h3-11H,12-13H2,1-2H3,(H,23,29). The van der Waals surface area contributed by atoms with Gasteiger partial charge in [-0.25, -0.2) is 4.68 Å². The van der Waals surface area contributed by atoms with E-state index >= 15 is 0 Å². The fourth-order valence-electron chi connectivity index (χ4n) is 2.90. The molecule has 1 N–H and O–H groups in total. The Balaban J connectivity index is 1.41. The fourth-order valence-corrected chi connectivity index (χ4v) is 3.59. The van der Waals surface area contributed by atoms with E-state index in [1.807, 2.05) is 50.2 Å². The van der Waals surface area contributed by atoms with Crippen LogP contribution in [0, 0.1) is 13.8 Å². The molecule has 0 bridgehead atoms. The maximum Gasteiger partial charge on any atom is 0.235 e. The summed E-state index contributed by atoms with van der Waals surface area (Å²) in [4.78, 5) is 16.8. The predicted molar refractivity (Wildman–Crippen MR) is 114 cm³/mol. The highest BCUT2D eigenvalue weighted by atomic mass is 32.2. The third-order valence-corrected chi connectivity index (χ3v) is 5.52. The van der Waals surface area contributed by atoms with Crippen LogP contribution in [-0.2, 0) is 11.3 Å². The topological polar surface area (TPSA) is 103 Å². The molecule has 30 heavy (non-hydrogen) atoms. The number of carbonyl (C=O) groups excluding carboxylic acids is 1. The zero-order chi connectivity index (χ0) is 20.9. The number of thioether (sulfide) groups is 1. The van der Waals surface area contributed by atoms with Crippen LogP contribution in [0.1, 0.15) is 16.8 Å². The molecule has 3 heterocycles. The number of nitrogens with zero attached hydrogens (tertiary/aromatic N) is 7. The van der Waals surface area contributed by atoms with E-state index in [1.165, 1.54) is 11.8 Å². The molecular formula is C20H20N8OS. The minimum absolute atomic E-state index is 0.167. The van der Waals surface area contributed by atoms with Gasteiger partial charge in [-0.2, -0.15) is 9.78 Å². The van der Waals surface area contributed by atoms with Gasteiger partial charge in [0, 0.05) is 12.3 Å². The molecule has 0 fully saturated rings. The molecule has 4 rings (SSSR count). The number of pyridine rings is 1. The number of benzene rings is 1. The van der Waals surface area contributed by atoms with Gasteiger partial charge >= 0.3 is 0 Å². The molecule has 1 amide bonds. The first-order valence-electron chi connectivity index (χ1n) is 9.31. The summed E-state index contributed by atoms with van der Waals surface area (Å²) >= 11 is 1.28. The van der Waals surface area contributed by atoms with Gasteiger partial charge in [0.25, 0.3) is 0 Å². The Bertz CT molecular complexity index is 1150. The van der Waals surface area contributed by atoms with Gasteiger partial charge in [0.2, 0.25) is 11.1 Å². The molecule has 0 atom stereocenters. The Labute approximate surface area is 177 Å². The van der Waals surface area contributed by atoms with Gasteiger partial charge in [0.1, 0.15) is 5.82 Å². The van der Waals surface area contributed by atoms with Gasteiger partial charge < -0.3 is 5.32 Å². The lowest BCUT2D eigenvalue weighted by molar-refractivity contribution is -0.113. The minimum atomic E-state index is -0.168. The number of tetrazole rings is 1. The molecule has 0 saturated heterocycles. The van der Waals surface area contributed by atoms with E-state index in [0.717, 1.165) is 22.5 Å². The van der Waals surface area contributed by atoms with Crippen LogP contribution in [0.25, 0.3) is 5.69 Å². The molecule has 0 aliphatic heterocycles. The number of amides is 1. The van der Waals surface area contributed by atoms with Crippen molar-refractivity contribution in [2.24, 2.45) is 0 Å². The average molecular weight is 421 g/mol. The second-order valence-corrected chi connectivity index (χ2v) is 7.57. The Hall–Kier alpha value is -3.53. The van der Waals surface area contributed by atoms with Crippen LogP contribution in [0.5, 0.6) is 0 Å². The van der Waals surface area contributed by atoms with Crippen LogP contribution in [0.4, 0.5) is 5.82 Å². The molecule has 0 radical (unpaired) electrons. The van der Waals surface area contributed by atoms with Crippen LogP contribution in [0.2, 0.25) is 0 Å². The van der Waals surface area contributed by atoms with Crippen molar-refractivity contribution in [2.75, 3.05) is 11.1 Å². The number of rotatable bonds is 7. The SMILES string of the molecule is Cc1cccc(-n2nnnc2SCC(=O)Nc2ccnn2Cc2ccccn2)c1C. The number of nitrogens with one attached hydrogen (secondary N) is 1. The van der Waals surface area contributed by atoms with Crippen molar-refractivity contribution in [2.45, 2.75) is 25.5 Å². The van der Waals surface area contributed by atoms with E-state index in [4.69, 9.17) is 0 Å². The highest BCUT2D eigenvalue weighted by Crippen LogP contribution is 2.22. The van der Waals surface area contributed by atoms with E-state index in [1.54, 1.807) is 27.8 Å². The van der Waals surface area contributed by atoms with Crippen LogP contribution < -0.4 is 5.32 Å². The van der Waals surface area contributed by atoms with Crippen molar-refractivity contribution in [1.29, 1.82) is 0 Å². The van der Waals surface area contributed by atoms with Gasteiger partial charge in [-0.3, -0.25) is 9.78 Å². The maximum atomic E-state index is 12.5. The quantitative estimate of drug-likeness (QED) is 0.458. The molecule has 0 spiro atoms. The van der Waals surface area contributed by atoms with E-state index in [0.29, 0.717) is 17.5 Å². The second kappa shape index (κ2) is 8.87. The summed E-state index contributed by atoms with van der Waals surface area (Å²) in [5.41, 5.74) is 4.00. The normalized spacial score (nSPS) is 10.9. The number of aryl methyl sites for hydroxylation is 1. The zero-order valence-corrected chi connectivity index (χ0v) is 17.4. The third kappa shape index (κ3) is 4.38. The highest BCUT2D eigenvalue weighted by molar-refractivity contribution is 7.99. The Morgan fingerprint density at radius 1 is 1.10 bits per heavy atom. The van der Waals surface area contributed by atoms with Crippen LogP contribution >= 0.6 is 11.8 Å². The van der Waals surface area contributed by atoms with Gasteiger partial charge in [0.05, 0.1) is 29.9 Å². The van der Waals surface area contributed by atoms with Gasteiger partial charge in [-0.15, -0.1) is 5.10 Å². The first-order chi connectivity index (χ1) is 14.6. The number of aromatic nitrogens is 7. The Morgan fingerprint density at radius 3 is 2.83 bits per heavy atom. The second-order valence-electron chi connectivity index (χ2n) is 6.62. The van der Waals surface area contributed by atoms with Crippen molar-refractivity contribution in [1.82, 2.24) is 35.0 Å². The molecule has 0 aliphatic carbocycles. The lowest BCUT2D eigenvalue weighted by Gasteiger charge is -2.10. The van der Waals surface area contributed by atoms with Crippen molar-refractivity contribution in [3.63, 3.8) is 0 Å². The summed E-state index contributed by atoms with van der Waals surface area (Å²) in [5.74, 6) is 0.610. The van der Waals surface area contributed by atoms with Crippen LogP contribution in [0.3, 0.4) is 0 Å². The number of carbonyl (C=O) groups is 1. The Kier molecular flexibility index (Phi) is 5.84. The first-order valence-corrected chi connectivity index (χ1v) is 10.3. The summed E-state index contributed by atoms with van der Waals surface area (Å²) < 4.78 is 3.36. The van der Waals surface area contributed by atoms with Gasteiger partial charge in [-0.1, -0.05) is 30.0 Å². The van der Waals surface area contributed by atoms with Crippen molar-refractivity contribution < 1.29 is 4.79 Å². The van der Waals surface area contributed by atoms with Crippen molar-refractivity contribution in [3.05, 3.63) is 71.7 Å². The third-order valence-electron chi connectivity index (χ3n) is 4.60. The number of hydrogen-bond donors (Lipinski definition) is 1. The average Bonchev–Trinajstić information content (AvgIpc) is 3.39. The van der Waals surface area contributed by atoms with Gasteiger partial charge in [-0.05, 0) is 53.6 Å². The molecule has 0 aliphatic rings. The lowest BCUT2D eigenvalue weighted by Crippen LogP contribution is -2.18. The predicted octanol–water partition coefficient (Wildman–Crippen LogP) is 2.65. The zero-order valence-electron chi connectivity index (χ0n) is 16.6. The molecule has 0 unspecified atom stereocenters. The highest BCUT2D eigenvalue weighted by Gasteiger charge is 2.15. The molecular weight excluding hydrogens is 400 g/mol. The monoisotopic (exact) mass is 420 g/mol. The molecule has 152 valence electrons. The maximum absolute atomic E-state index is 12.5. The summed E-state index contributed by atoms with van der Waals surface area (Å²) in [7, 11) is 0. The fraction of sp³-hybridized carbons (Fsp3) is 0.200. The molecule has 3 aromatic heterocycles. The van der Waals surface area contributed by atoms with E-state index in [2.05, 4.69) is 30.9 Å². The molecule has 4 aromatic rings. The number of hydrogen-bond acceptors (Lipinski definition) is 7. The summed E-state index contributed by atoms with van der Waals surface area (Å²) in [6.07, 6.45) is 3.38. The van der Waals surface area contributed by atoms with Crippen LogP contribution in [0.15, 0.2) is 60.0 Å². The summed E-state index contributed by atoms with van der Waals surface area (Å²) in [6.45, 7) is 4.54. The van der Waals surface area contributed by atoms with E-state index < -0.39 is 0 Å². The lowest BCUT2D eigenvalue weighted by atomic mass is 10.1.